The highest BCUT2D eigenvalue weighted by Crippen LogP contribution is 2.57. The molecule has 2 saturated carbocycles. The molecule has 2 bridgehead atoms. The number of benzene rings is 1. The molecule has 0 heterocycles. The van der Waals surface area contributed by atoms with Gasteiger partial charge in [-0.1, -0.05) is 6.92 Å². The number of halogens is 2. The minimum absolute atomic E-state index is 0.0487. The summed E-state index contributed by atoms with van der Waals surface area (Å²) in [7, 11) is 0. The Morgan fingerprint density at radius 3 is 2.09 bits per heavy atom. The summed E-state index contributed by atoms with van der Waals surface area (Å²) in [6.45, 7) is 1.96. The van der Waals surface area contributed by atoms with Gasteiger partial charge < -0.3 is 9.84 Å². The molecule has 1 aromatic carbocycles. The summed E-state index contributed by atoms with van der Waals surface area (Å²) in [5.74, 6) is -2.14. The molecule has 0 spiro atoms. The molecule has 2 aliphatic carbocycles. The highest BCUT2D eigenvalue weighted by molar-refractivity contribution is 5.89. The second kappa shape index (κ2) is 6.02. The number of carboxylic acid groups (broad SMARTS) is 1. The molecule has 0 atom stereocenters. The first-order valence-corrected chi connectivity index (χ1v) is 7.09. The van der Waals surface area contributed by atoms with Crippen LogP contribution < -0.4 is 0 Å². The third-order valence-corrected chi connectivity index (χ3v) is 4.52. The zero-order valence-corrected chi connectivity index (χ0v) is 12.3. The molecule has 1 aromatic rings. The van der Waals surface area contributed by atoms with Crippen molar-refractivity contribution in [3.05, 3.63) is 35.4 Å². The Morgan fingerprint density at radius 1 is 1.18 bits per heavy atom. The van der Waals surface area contributed by atoms with Gasteiger partial charge >= 0.3 is 5.97 Å². The van der Waals surface area contributed by atoms with E-state index in [0.717, 1.165) is 50.3 Å². The fraction of sp³-hybridized carbons (Fsp3) is 0.500. The van der Waals surface area contributed by atoms with Crippen molar-refractivity contribution in [2.45, 2.75) is 44.6 Å². The van der Waals surface area contributed by atoms with E-state index in [4.69, 9.17) is 14.6 Å². The van der Waals surface area contributed by atoms with Crippen LogP contribution in [0.3, 0.4) is 0 Å². The molecule has 0 aliphatic heterocycles. The second-order valence-corrected chi connectivity index (χ2v) is 6.32. The molecule has 0 radical (unpaired) electrons. The Balaban J connectivity index is 0.000000545. The summed E-state index contributed by atoms with van der Waals surface area (Å²) >= 11 is 0. The SMILES string of the molecule is CC12CCC(OC(=O)c3cc(F)cc(F)c3)(CC1)C2.O=CO. The van der Waals surface area contributed by atoms with Crippen LogP contribution in [0, 0.1) is 17.0 Å². The Kier molecular flexibility index (Phi) is 4.49. The highest BCUT2D eigenvalue weighted by Gasteiger charge is 2.54. The summed E-state index contributed by atoms with van der Waals surface area (Å²) in [5.41, 5.74) is -0.186. The van der Waals surface area contributed by atoms with E-state index in [-0.39, 0.29) is 17.5 Å². The van der Waals surface area contributed by atoms with Crippen LogP contribution in [0.15, 0.2) is 18.2 Å². The molecule has 6 heteroatoms. The lowest BCUT2D eigenvalue weighted by molar-refractivity contribution is -0.122. The third-order valence-electron chi connectivity index (χ3n) is 4.52. The summed E-state index contributed by atoms with van der Waals surface area (Å²) in [6, 6.07) is 2.79. The van der Waals surface area contributed by atoms with Gasteiger partial charge in [-0.15, -0.1) is 0 Å². The summed E-state index contributed by atoms with van der Waals surface area (Å²) in [6.07, 6.45) is 4.68. The molecular formula is C16H18F2O4. The van der Waals surface area contributed by atoms with Crippen LogP contribution in [0.5, 0.6) is 0 Å². The molecule has 120 valence electrons. The first-order chi connectivity index (χ1) is 10.3. The molecule has 4 nitrogen and oxygen atoms in total. The van der Waals surface area contributed by atoms with Crippen LogP contribution in [0.4, 0.5) is 8.78 Å². The Labute approximate surface area is 127 Å². The van der Waals surface area contributed by atoms with Crippen LogP contribution in [0.25, 0.3) is 0 Å². The van der Waals surface area contributed by atoms with Crippen molar-refractivity contribution in [2.24, 2.45) is 5.41 Å². The van der Waals surface area contributed by atoms with Crippen molar-refractivity contribution < 1.29 is 28.2 Å². The van der Waals surface area contributed by atoms with E-state index >= 15 is 0 Å². The second-order valence-electron chi connectivity index (χ2n) is 6.32. The van der Waals surface area contributed by atoms with Gasteiger partial charge in [-0.25, -0.2) is 13.6 Å². The minimum Gasteiger partial charge on any atom is -0.483 e. The summed E-state index contributed by atoms with van der Waals surface area (Å²) in [4.78, 5) is 20.4. The predicted molar refractivity (Wildman–Crippen MR) is 74.4 cm³/mol. The van der Waals surface area contributed by atoms with E-state index in [0.29, 0.717) is 0 Å². The predicted octanol–water partition coefficient (Wildman–Crippen LogP) is 3.55. The molecule has 3 rings (SSSR count). The average molecular weight is 312 g/mol. The van der Waals surface area contributed by atoms with Gasteiger partial charge in [0.15, 0.2) is 0 Å². The maximum atomic E-state index is 13.1. The first-order valence-electron chi connectivity index (χ1n) is 7.09. The minimum atomic E-state index is -0.757. The maximum Gasteiger partial charge on any atom is 0.338 e. The number of ether oxygens (including phenoxy) is 1. The summed E-state index contributed by atoms with van der Waals surface area (Å²) < 4.78 is 31.8. The maximum absolute atomic E-state index is 13.1. The Bertz CT molecular complexity index is 557. The lowest BCUT2D eigenvalue weighted by Gasteiger charge is -2.26. The largest absolute Gasteiger partial charge is 0.483 e. The molecular weight excluding hydrogens is 294 g/mol. The first kappa shape index (κ1) is 16.4. The molecule has 2 aliphatic rings. The van der Waals surface area contributed by atoms with Gasteiger partial charge in [0.25, 0.3) is 6.47 Å². The van der Waals surface area contributed by atoms with Gasteiger partial charge in [-0.05, 0) is 49.7 Å². The van der Waals surface area contributed by atoms with Crippen LogP contribution >= 0.6 is 0 Å². The van der Waals surface area contributed by atoms with Gasteiger partial charge in [0.1, 0.15) is 17.2 Å². The lowest BCUT2D eigenvalue weighted by Crippen LogP contribution is -2.30. The molecule has 0 aromatic heterocycles. The number of hydrogen-bond donors (Lipinski definition) is 1. The van der Waals surface area contributed by atoms with E-state index in [1.165, 1.54) is 0 Å². The number of fused-ring (bicyclic) bond motifs is 2. The number of hydrogen-bond acceptors (Lipinski definition) is 3. The number of carbonyl (C=O) groups excluding carboxylic acids is 1. The number of carbonyl (C=O) groups is 2. The average Bonchev–Trinajstić information content (AvgIpc) is 2.91. The van der Waals surface area contributed by atoms with Gasteiger partial charge in [0.2, 0.25) is 0 Å². The molecule has 22 heavy (non-hydrogen) atoms. The van der Waals surface area contributed by atoms with E-state index in [1.54, 1.807) is 0 Å². The van der Waals surface area contributed by atoms with Crippen LogP contribution in [0.2, 0.25) is 0 Å². The smallest absolute Gasteiger partial charge is 0.338 e. The lowest BCUT2D eigenvalue weighted by atomic mass is 9.87. The molecule has 1 N–H and O–H groups in total. The Hall–Kier alpha value is -1.98. The number of esters is 1. The topological polar surface area (TPSA) is 63.6 Å². The van der Waals surface area contributed by atoms with Crippen molar-refractivity contribution in [1.29, 1.82) is 0 Å². The molecule has 0 saturated heterocycles. The van der Waals surface area contributed by atoms with E-state index in [9.17, 15) is 13.6 Å². The zero-order chi connectivity index (χ0) is 16.4. The normalized spacial score (nSPS) is 28.7. The molecule has 2 fully saturated rings. The van der Waals surface area contributed by atoms with E-state index < -0.39 is 23.2 Å². The fourth-order valence-electron chi connectivity index (χ4n) is 3.51. The highest BCUT2D eigenvalue weighted by atomic mass is 19.1. The van der Waals surface area contributed by atoms with Crippen molar-refractivity contribution >= 4 is 12.4 Å². The standard InChI is InChI=1S/C15H16F2O2.CH2O2/c1-14-2-4-15(9-14,5-3-14)19-13(18)10-6-11(16)8-12(17)7-10;2-1-3/h6-8H,2-5,9H2,1H3;1H,(H,2,3). The third kappa shape index (κ3) is 3.43. The van der Waals surface area contributed by atoms with E-state index in [1.807, 2.05) is 0 Å². The van der Waals surface area contributed by atoms with Crippen molar-refractivity contribution in [3.8, 4) is 0 Å². The van der Waals surface area contributed by atoms with Crippen LogP contribution in [-0.2, 0) is 9.53 Å². The fourth-order valence-corrected chi connectivity index (χ4v) is 3.51. The summed E-state index contributed by atoms with van der Waals surface area (Å²) in [5, 5.41) is 6.89. The van der Waals surface area contributed by atoms with Gasteiger partial charge in [0, 0.05) is 6.07 Å². The zero-order valence-electron chi connectivity index (χ0n) is 12.3. The van der Waals surface area contributed by atoms with Crippen molar-refractivity contribution in [2.75, 3.05) is 0 Å². The Morgan fingerprint density at radius 2 is 1.68 bits per heavy atom. The number of rotatable bonds is 2. The monoisotopic (exact) mass is 312 g/mol. The van der Waals surface area contributed by atoms with Crippen molar-refractivity contribution in [3.63, 3.8) is 0 Å². The van der Waals surface area contributed by atoms with Gasteiger partial charge in [0.05, 0.1) is 5.56 Å². The van der Waals surface area contributed by atoms with E-state index in [2.05, 4.69) is 6.92 Å². The quantitative estimate of drug-likeness (QED) is 0.670. The molecule has 0 amide bonds. The van der Waals surface area contributed by atoms with Crippen LogP contribution in [-0.4, -0.2) is 23.1 Å². The van der Waals surface area contributed by atoms with Crippen LogP contribution in [0.1, 0.15) is 49.4 Å². The van der Waals surface area contributed by atoms with Gasteiger partial charge in [-0.3, -0.25) is 4.79 Å². The molecule has 0 unspecified atom stereocenters. The van der Waals surface area contributed by atoms with Gasteiger partial charge in [-0.2, -0.15) is 0 Å². The van der Waals surface area contributed by atoms with Crippen molar-refractivity contribution in [1.82, 2.24) is 0 Å².